The minimum absolute atomic E-state index is 0.0239. The summed E-state index contributed by atoms with van der Waals surface area (Å²) < 4.78 is 5.37. The van der Waals surface area contributed by atoms with Gasteiger partial charge in [0.1, 0.15) is 5.60 Å². The van der Waals surface area contributed by atoms with Gasteiger partial charge in [-0.3, -0.25) is 4.79 Å². The van der Waals surface area contributed by atoms with Crippen LogP contribution < -0.4 is 5.32 Å². The molecule has 1 N–H and O–H groups in total. The summed E-state index contributed by atoms with van der Waals surface area (Å²) in [6, 6.07) is 5.43. The van der Waals surface area contributed by atoms with Crippen molar-refractivity contribution in [3.8, 4) is 0 Å². The second kappa shape index (κ2) is 7.43. The highest BCUT2D eigenvalue weighted by Gasteiger charge is 2.30. The van der Waals surface area contributed by atoms with Crippen molar-refractivity contribution in [3.63, 3.8) is 0 Å². The van der Waals surface area contributed by atoms with Crippen LogP contribution in [-0.4, -0.2) is 35.6 Å². The molecule has 1 aliphatic heterocycles. The van der Waals surface area contributed by atoms with E-state index in [0.717, 1.165) is 11.3 Å². The predicted molar refractivity (Wildman–Crippen MR) is 95.3 cm³/mol. The molecule has 6 heteroatoms. The monoisotopic (exact) mass is 352 g/mol. The highest BCUT2D eigenvalue weighted by Crippen LogP contribution is 2.24. The van der Waals surface area contributed by atoms with Gasteiger partial charge in [0.15, 0.2) is 0 Å². The Bertz CT molecular complexity index is 617. The van der Waals surface area contributed by atoms with Gasteiger partial charge in [-0.1, -0.05) is 17.7 Å². The second-order valence-electron chi connectivity index (χ2n) is 7.19. The van der Waals surface area contributed by atoms with Crippen molar-refractivity contribution in [3.05, 3.63) is 28.8 Å². The Balaban J connectivity index is 1.89. The molecule has 5 nitrogen and oxygen atoms in total. The van der Waals surface area contributed by atoms with Crippen LogP contribution in [0.5, 0.6) is 0 Å². The zero-order chi connectivity index (χ0) is 17.9. The Kier molecular flexibility index (Phi) is 5.75. The maximum absolute atomic E-state index is 12.4. The third kappa shape index (κ3) is 5.13. The Morgan fingerprint density at radius 3 is 2.46 bits per heavy atom. The van der Waals surface area contributed by atoms with Gasteiger partial charge in [-0.15, -0.1) is 0 Å². The Hall–Kier alpha value is -1.75. The average molecular weight is 353 g/mol. The lowest BCUT2D eigenvalue weighted by atomic mass is 9.96. The van der Waals surface area contributed by atoms with Crippen LogP contribution in [0.2, 0.25) is 5.02 Å². The fourth-order valence-corrected chi connectivity index (χ4v) is 2.79. The Morgan fingerprint density at radius 1 is 1.25 bits per heavy atom. The van der Waals surface area contributed by atoms with Crippen LogP contribution in [0.15, 0.2) is 18.2 Å². The summed E-state index contributed by atoms with van der Waals surface area (Å²) in [5.74, 6) is -0.133. The van der Waals surface area contributed by atoms with Crippen LogP contribution in [-0.2, 0) is 9.53 Å². The highest BCUT2D eigenvalue weighted by atomic mass is 35.5. The van der Waals surface area contributed by atoms with Gasteiger partial charge in [0.25, 0.3) is 0 Å². The third-order valence-electron chi connectivity index (χ3n) is 3.97. The van der Waals surface area contributed by atoms with E-state index in [1.54, 1.807) is 17.0 Å². The number of nitrogens with one attached hydrogen (secondary N) is 1. The van der Waals surface area contributed by atoms with E-state index in [9.17, 15) is 9.59 Å². The molecule has 1 aromatic rings. The lowest BCUT2D eigenvalue weighted by Crippen LogP contribution is -2.43. The minimum Gasteiger partial charge on any atom is -0.444 e. The van der Waals surface area contributed by atoms with Gasteiger partial charge < -0.3 is 15.0 Å². The topological polar surface area (TPSA) is 58.6 Å². The Morgan fingerprint density at radius 2 is 1.88 bits per heavy atom. The molecule has 1 saturated heterocycles. The smallest absolute Gasteiger partial charge is 0.410 e. The number of amides is 2. The number of hydrogen-bond acceptors (Lipinski definition) is 3. The Labute approximate surface area is 148 Å². The number of piperidine rings is 1. The van der Waals surface area contributed by atoms with Crippen molar-refractivity contribution < 1.29 is 14.3 Å². The summed E-state index contributed by atoms with van der Waals surface area (Å²) >= 11 is 5.98. The normalized spacial score (nSPS) is 16.0. The number of ether oxygens (including phenoxy) is 1. The van der Waals surface area contributed by atoms with Crippen LogP contribution in [0.25, 0.3) is 0 Å². The molecule has 1 aliphatic rings. The molecule has 2 amide bonds. The van der Waals surface area contributed by atoms with Crippen LogP contribution in [0.1, 0.15) is 39.2 Å². The number of carbonyl (C=O) groups excluding carboxylic acids is 2. The number of likely N-dealkylation sites (tertiary alicyclic amines) is 1. The molecule has 1 fully saturated rings. The van der Waals surface area contributed by atoms with Crippen molar-refractivity contribution in [2.75, 3.05) is 18.4 Å². The van der Waals surface area contributed by atoms with Crippen molar-refractivity contribution >= 4 is 29.3 Å². The first kappa shape index (κ1) is 18.6. The van der Waals surface area contributed by atoms with Crippen molar-refractivity contribution in [2.24, 2.45) is 5.92 Å². The SMILES string of the molecule is Cc1ccc(Cl)cc1NC(=O)C1CCN(C(=O)OC(C)(C)C)CC1. The summed E-state index contributed by atoms with van der Waals surface area (Å²) in [6.07, 6.45) is 0.946. The molecule has 0 atom stereocenters. The largest absolute Gasteiger partial charge is 0.444 e. The summed E-state index contributed by atoms with van der Waals surface area (Å²) in [4.78, 5) is 26.2. The predicted octanol–water partition coefficient (Wildman–Crippen LogP) is 4.23. The average Bonchev–Trinajstić information content (AvgIpc) is 2.49. The summed E-state index contributed by atoms with van der Waals surface area (Å²) in [5, 5.41) is 3.54. The standard InChI is InChI=1S/C18H25ClN2O3/c1-12-5-6-14(19)11-15(12)20-16(22)13-7-9-21(10-8-13)17(23)24-18(2,3)4/h5-6,11,13H,7-10H2,1-4H3,(H,20,22). The molecule has 2 rings (SSSR count). The maximum Gasteiger partial charge on any atom is 0.410 e. The molecule has 0 spiro atoms. The van der Waals surface area contributed by atoms with Gasteiger partial charge in [-0.25, -0.2) is 4.79 Å². The molecule has 0 unspecified atom stereocenters. The molecule has 0 saturated carbocycles. The van der Waals surface area contributed by atoms with E-state index in [-0.39, 0.29) is 17.9 Å². The van der Waals surface area contributed by atoms with Crippen LogP contribution in [0, 0.1) is 12.8 Å². The van der Waals surface area contributed by atoms with E-state index in [4.69, 9.17) is 16.3 Å². The van der Waals surface area contributed by atoms with Gasteiger partial charge in [0.2, 0.25) is 5.91 Å². The summed E-state index contributed by atoms with van der Waals surface area (Å²) in [6.45, 7) is 8.52. The fraction of sp³-hybridized carbons (Fsp3) is 0.556. The van der Waals surface area contributed by atoms with Gasteiger partial charge >= 0.3 is 6.09 Å². The molecular weight excluding hydrogens is 328 g/mol. The molecule has 0 aliphatic carbocycles. The first-order valence-corrected chi connectivity index (χ1v) is 8.58. The first-order chi connectivity index (χ1) is 11.2. The second-order valence-corrected chi connectivity index (χ2v) is 7.63. The maximum atomic E-state index is 12.4. The number of rotatable bonds is 2. The van der Waals surface area contributed by atoms with E-state index in [1.807, 2.05) is 33.8 Å². The van der Waals surface area contributed by atoms with Crippen molar-refractivity contribution in [1.29, 1.82) is 0 Å². The minimum atomic E-state index is -0.505. The number of halogens is 1. The first-order valence-electron chi connectivity index (χ1n) is 8.20. The molecule has 1 aromatic carbocycles. The lowest BCUT2D eigenvalue weighted by Gasteiger charge is -2.33. The summed E-state index contributed by atoms with van der Waals surface area (Å²) in [7, 11) is 0. The lowest BCUT2D eigenvalue weighted by molar-refractivity contribution is -0.121. The number of aryl methyl sites for hydroxylation is 1. The van der Waals surface area contributed by atoms with E-state index in [1.165, 1.54) is 0 Å². The van der Waals surface area contributed by atoms with E-state index >= 15 is 0 Å². The van der Waals surface area contributed by atoms with Crippen LogP contribution in [0.3, 0.4) is 0 Å². The van der Waals surface area contributed by atoms with Gasteiger partial charge in [0, 0.05) is 29.7 Å². The number of nitrogens with zero attached hydrogens (tertiary/aromatic N) is 1. The number of carbonyl (C=O) groups is 2. The fourth-order valence-electron chi connectivity index (χ4n) is 2.61. The molecular formula is C18H25ClN2O3. The molecule has 0 radical (unpaired) electrons. The molecule has 0 bridgehead atoms. The summed E-state index contributed by atoms with van der Waals surface area (Å²) in [5.41, 5.74) is 1.20. The van der Waals surface area contributed by atoms with Gasteiger partial charge in [-0.2, -0.15) is 0 Å². The van der Waals surface area contributed by atoms with E-state index in [2.05, 4.69) is 5.32 Å². The third-order valence-corrected chi connectivity index (χ3v) is 4.21. The quantitative estimate of drug-likeness (QED) is 0.866. The zero-order valence-corrected chi connectivity index (χ0v) is 15.4. The highest BCUT2D eigenvalue weighted by molar-refractivity contribution is 6.31. The van der Waals surface area contributed by atoms with E-state index in [0.29, 0.717) is 31.0 Å². The van der Waals surface area contributed by atoms with Crippen LogP contribution in [0.4, 0.5) is 10.5 Å². The molecule has 0 aromatic heterocycles. The van der Waals surface area contributed by atoms with E-state index < -0.39 is 5.60 Å². The van der Waals surface area contributed by atoms with Gasteiger partial charge in [-0.05, 0) is 58.2 Å². The van der Waals surface area contributed by atoms with Crippen molar-refractivity contribution in [2.45, 2.75) is 46.1 Å². The number of hydrogen-bond donors (Lipinski definition) is 1. The van der Waals surface area contributed by atoms with Crippen molar-refractivity contribution in [1.82, 2.24) is 4.90 Å². The zero-order valence-electron chi connectivity index (χ0n) is 14.7. The molecule has 1 heterocycles. The van der Waals surface area contributed by atoms with Crippen LogP contribution >= 0.6 is 11.6 Å². The number of anilines is 1. The molecule has 132 valence electrons. The number of benzene rings is 1. The van der Waals surface area contributed by atoms with Gasteiger partial charge in [0.05, 0.1) is 0 Å². The molecule has 24 heavy (non-hydrogen) atoms.